The monoisotopic (exact) mass is 316 g/mol. The molecule has 0 aliphatic carbocycles. The number of fused-ring (bicyclic) bond motifs is 1. The third kappa shape index (κ3) is 2.93. The molecule has 23 heavy (non-hydrogen) atoms. The Kier molecular flexibility index (Phi) is 4.57. The lowest BCUT2D eigenvalue weighted by molar-refractivity contribution is 0.0858. The Hall–Kier alpha value is -2.01. The maximum atomic E-state index is 12.7. The lowest BCUT2D eigenvalue weighted by Crippen LogP contribution is -2.32. The third-order valence-corrected chi connectivity index (χ3v) is 4.59. The summed E-state index contributed by atoms with van der Waals surface area (Å²) in [6.45, 7) is 6.28. The molecule has 2 aromatic rings. The second-order valence-electron chi connectivity index (χ2n) is 5.93. The molecule has 1 aliphatic heterocycles. The van der Waals surface area contributed by atoms with Crippen molar-refractivity contribution in [3.8, 4) is 5.75 Å². The summed E-state index contributed by atoms with van der Waals surface area (Å²) in [5.74, 6) is 0.724. The van der Waals surface area contributed by atoms with Crippen LogP contribution in [-0.4, -0.2) is 36.8 Å². The Bertz CT molecular complexity index is 715. The molecule has 0 spiro atoms. The summed E-state index contributed by atoms with van der Waals surface area (Å²) >= 11 is 0. The van der Waals surface area contributed by atoms with Crippen LogP contribution in [0.5, 0.6) is 5.75 Å². The molecule has 1 atom stereocenters. The Morgan fingerprint density at radius 1 is 1.48 bits per heavy atom. The van der Waals surface area contributed by atoms with E-state index in [0.29, 0.717) is 6.54 Å². The van der Waals surface area contributed by atoms with Gasteiger partial charge in [-0.3, -0.25) is 4.79 Å². The SMILES string of the molecule is CCn1c(C)c(C(=O)NCC2CCCO2)c2cc(OC)ccc21. The topological polar surface area (TPSA) is 52.5 Å². The molecule has 0 saturated carbocycles. The molecule has 2 heterocycles. The fraction of sp³-hybridized carbons (Fsp3) is 0.500. The van der Waals surface area contributed by atoms with Gasteiger partial charge in [0.05, 0.1) is 18.8 Å². The number of amides is 1. The van der Waals surface area contributed by atoms with Crippen LogP contribution in [0.15, 0.2) is 18.2 Å². The number of rotatable bonds is 5. The van der Waals surface area contributed by atoms with E-state index in [-0.39, 0.29) is 12.0 Å². The highest BCUT2D eigenvalue weighted by Crippen LogP contribution is 2.29. The van der Waals surface area contributed by atoms with Crippen molar-refractivity contribution in [3.63, 3.8) is 0 Å². The normalized spacial score (nSPS) is 17.6. The van der Waals surface area contributed by atoms with Crippen LogP contribution in [0.4, 0.5) is 0 Å². The molecule has 1 N–H and O–H groups in total. The van der Waals surface area contributed by atoms with Crippen molar-refractivity contribution in [1.82, 2.24) is 9.88 Å². The highest BCUT2D eigenvalue weighted by atomic mass is 16.5. The molecule has 0 bridgehead atoms. The molecule has 1 aliphatic rings. The molecule has 5 heteroatoms. The third-order valence-electron chi connectivity index (χ3n) is 4.59. The maximum absolute atomic E-state index is 12.7. The number of nitrogens with zero attached hydrogens (tertiary/aromatic N) is 1. The summed E-state index contributed by atoms with van der Waals surface area (Å²) in [5, 5.41) is 3.97. The summed E-state index contributed by atoms with van der Waals surface area (Å²) in [5.41, 5.74) is 2.78. The van der Waals surface area contributed by atoms with Gasteiger partial charge in [-0.1, -0.05) is 0 Å². The number of aryl methyl sites for hydroxylation is 1. The quantitative estimate of drug-likeness (QED) is 0.923. The number of hydrogen-bond donors (Lipinski definition) is 1. The van der Waals surface area contributed by atoms with Crippen molar-refractivity contribution in [3.05, 3.63) is 29.5 Å². The van der Waals surface area contributed by atoms with Crippen molar-refractivity contribution < 1.29 is 14.3 Å². The van der Waals surface area contributed by atoms with Gasteiger partial charge in [0.15, 0.2) is 0 Å². The van der Waals surface area contributed by atoms with Crippen molar-refractivity contribution in [2.24, 2.45) is 0 Å². The van der Waals surface area contributed by atoms with Gasteiger partial charge in [0, 0.05) is 36.3 Å². The Balaban J connectivity index is 1.94. The van der Waals surface area contributed by atoms with E-state index in [1.807, 2.05) is 25.1 Å². The van der Waals surface area contributed by atoms with Gasteiger partial charge < -0.3 is 19.4 Å². The zero-order chi connectivity index (χ0) is 16.4. The predicted octanol–water partition coefficient (Wildman–Crippen LogP) is 2.89. The highest BCUT2D eigenvalue weighted by Gasteiger charge is 2.22. The molecular formula is C18H24N2O3. The average molecular weight is 316 g/mol. The lowest BCUT2D eigenvalue weighted by Gasteiger charge is -2.11. The van der Waals surface area contributed by atoms with Crippen molar-refractivity contribution >= 4 is 16.8 Å². The summed E-state index contributed by atoms with van der Waals surface area (Å²) in [6, 6.07) is 5.89. The van der Waals surface area contributed by atoms with Crippen molar-refractivity contribution in [2.75, 3.05) is 20.3 Å². The predicted molar refractivity (Wildman–Crippen MR) is 90.2 cm³/mol. The molecule has 1 unspecified atom stereocenters. The van der Waals surface area contributed by atoms with Crippen LogP contribution in [0.2, 0.25) is 0 Å². The van der Waals surface area contributed by atoms with E-state index in [9.17, 15) is 4.79 Å². The highest BCUT2D eigenvalue weighted by molar-refractivity contribution is 6.08. The minimum absolute atomic E-state index is 0.0385. The number of ether oxygens (including phenoxy) is 2. The minimum atomic E-state index is -0.0385. The Morgan fingerprint density at radius 3 is 2.96 bits per heavy atom. The fourth-order valence-electron chi connectivity index (χ4n) is 3.38. The van der Waals surface area contributed by atoms with Gasteiger partial charge in [-0.15, -0.1) is 0 Å². The Labute approximate surface area is 136 Å². The number of nitrogens with one attached hydrogen (secondary N) is 1. The summed E-state index contributed by atoms with van der Waals surface area (Å²) in [4.78, 5) is 12.7. The van der Waals surface area contributed by atoms with E-state index in [0.717, 1.165) is 53.9 Å². The molecule has 1 aromatic carbocycles. The van der Waals surface area contributed by atoms with Crippen LogP contribution in [-0.2, 0) is 11.3 Å². The van der Waals surface area contributed by atoms with Gasteiger partial charge in [-0.25, -0.2) is 0 Å². The van der Waals surface area contributed by atoms with Crippen molar-refractivity contribution in [2.45, 2.75) is 39.3 Å². The van der Waals surface area contributed by atoms with E-state index in [1.165, 1.54) is 0 Å². The first-order chi connectivity index (χ1) is 11.2. The molecule has 0 radical (unpaired) electrons. The lowest BCUT2D eigenvalue weighted by atomic mass is 10.1. The average Bonchev–Trinajstić information content (AvgIpc) is 3.17. The molecule has 1 saturated heterocycles. The van der Waals surface area contributed by atoms with Gasteiger partial charge in [-0.2, -0.15) is 0 Å². The van der Waals surface area contributed by atoms with Crippen LogP contribution < -0.4 is 10.1 Å². The van der Waals surface area contributed by atoms with E-state index in [2.05, 4.69) is 16.8 Å². The summed E-state index contributed by atoms with van der Waals surface area (Å²) in [7, 11) is 1.64. The first kappa shape index (κ1) is 15.9. The van der Waals surface area contributed by atoms with Gasteiger partial charge in [0.25, 0.3) is 5.91 Å². The second kappa shape index (κ2) is 6.62. The second-order valence-corrected chi connectivity index (χ2v) is 5.93. The summed E-state index contributed by atoms with van der Waals surface area (Å²) in [6.07, 6.45) is 2.24. The van der Waals surface area contributed by atoms with Gasteiger partial charge in [-0.05, 0) is 44.9 Å². The molecular weight excluding hydrogens is 292 g/mol. The van der Waals surface area contributed by atoms with Crippen LogP contribution >= 0.6 is 0 Å². The van der Waals surface area contributed by atoms with Crippen LogP contribution in [0.1, 0.15) is 35.8 Å². The van der Waals surface area contributed by atoms with Gasteiger partial charge in [0.2, 0.25) is 0 Å². The zero-order valence-corrected chi connectivity index (χ0v) is 14.0. The molecule has 1 fully saturated rings. The minimum Gasteiger partial charge on any atom is -0.497 e. The largest absolute Gasteiger partial charge is 0.497 e. The van der Waals surface area contributed by atoms with E-state index in [4.69, 9.17) is 9.47 Å². The number of aromatic nitrogens is 1. The molecule has 124 valence electrons. The number of benzene rings is 1. The van der Waals surface area contributed by atoms with Crippen LogP contribution in [0, 0.1) is 6.92 Å². The molecule has 1 amide bonds. The maximum Gasteiger partial charge on any atom is 0.253 e. The van der Waals surface area contributed by atoms with Crippen LogP contribution in [0.3, 0.4) is 0 Å². The molecule has 1 aromatic heterocycles. The fourth-order valence-corrected chi connectivity index (χ4v) is 3.38. The number of hydrogen-bond acceptors (Lipinski definition) is 3. The summed E-state index contributed by atoms with van der Waals surface area (Å²) < 4.78 is 13.1. The molecule has 3 rings (SSSR count). The van der Waals surface area contributed by atoms with E-state index < -0.39 is 0 Å². The molecule has 5 nitrogen and oxygen atoms in total. The standard InChI is InChI=1S/C18H24N2O3/c1-4-20-12(2)17(15-10-13(22-3)7-8-16(15)20)18(21)19-11-14-6-5-9-23-14/h7-8,10,14H,4-6,9,11H2,1-3H3,(H,19,21). The first-order valence-electron chi connectivity index (χ1n) is 8.22. The smallest absolute Gasteiger partial charge is 0.253 e. The number of methoxy groups -OCH3 is 1. The van der Waals surface area contributed by atoms with Crippen LogP contribution in [0.25, 0.3) is 10.9 Å². The number of carbonyl (C=O) groups is 1. The van der Waals surface area contributed by atoms with E-state index >= 15 is 0 Å². The zero-order valence-electron chi connectivity index (χ0n) is 14.0. The van der Waals surface area contributed by atoms with Crippen molar-refractivity contribution in [1.29, 1.82) is 0 Å². The Morgan fingerprint density at radius 2 is 2.30 bits per heavy atom. The van der Waals surface area contributed by atoms with Gasteiger partial charge >= 0.3 is 0 Å². The number of carbonyl (C=O) groups excluding carboxylic acids is 1. The van der Waals surface area contributed by atoms with Gasteiger partial charge in [0.1, 0.15) is 5.75 Å². The first-order valence-corrected chi connectivity index (χ1v) is 8.22. The van der Waals surface area contributed by atoms with E-state index in [1.54, 1.807) is 7.11 Å².